The Balaban J connectivity index is 1.74. The highest BCUT2D eigenvalue weighted by atomic mass is 79.9. The normalized spacial score (nSPS) is 32.9. The second-order valence-electron chi connectivity index (χ2n) is 10.4. The summed E-state index contributed by atoms with van der Waals surface area (Å²) in [5.74, 6) is -2.23. The molecule has 3 amide bonds. The van der Waals surface area contributed by atoms with Crippen LogP contribution in [0.25, 0.3) is 0 Å². The summed E-state index contributed by atoms with van der Waals surface area (Å²) in [6.07, 6.45) is 0.459. The number of carbonyl (C=O) groups excluding carboxylic acids is 3. The largest absolute Gasteiger partial charge is 0.394 e. The van der Waals surface area contributed by atoms with Gasteiger partial charge in [0, 0.05) is 16.6 Å². The second-order valence-corrected chi connectivity index (χ2v) is 11.6. The number of aliphatic hydroxyl groups is 1. The van der Waals surface area contributed by atoms with Crippen molar-refractivity contribution in [2.45, 2.75) is 75.2 Å². The van der Waals surface area contributed by atoms with E-state index in [1.165, 1.54) is 4.90 Å². The first-order valence-corrected chi connectivity index (χ1v) is 12.9. The maximum absolute atomic E-state index is 14.0. The molecule has 8 nitrogen and oxygen atoms in total. The number of alkyl halides is 1. The van der Waals surface area contributed by atoms with E-state index in [9.17, 15) is 19.5 Å². The number of benzene rings is 1. The first-order valence-electron chi connectivity index (χ1n) is 12.0. The summed E-state index contributed by atoms with van der Waals surface area (Å²) >= 11 is 3.67. The van der Waals surface area contributed by atoms with Gasteiger partial charge >= 0.3 is 0 Å². The van der Waals surface area contributed by atoms with Crippen molar-refractivity contribution in [2.24, 2.45) is 17.8 Å². The molecule has 2 bridgehead atoms. The van der Waals surface area contributed by atoms with Crippen LogP contribution in [-0.4, -0.2) is 69.0 Å². The fraction of sp³-hybridized carbons (Fsp3) is 0.640. The first-order chi connectivity index (χ1) is 16.1. The number of likely N-dealkylation sites (tertiary alicyclic amines) is 1. The van der Waals surface area contributed by atoms with E-state index in [2.05, 4.69) is 26.6 Å². The Morgan fingerprint density at radius 2 is 1.88 bits per heavy atom. The third-order valence-corrected chi connectivity index (χ3v) is 7.94. The maximum atomic E-state index is 14.0. The summed E-state index contributed by atoms with van der Waals surface area (Å²) in [4.78, 5) is 42.4. The number of halogens is 1. The number of ether oxygens (including phenoxy) is 1. The van der Waals surface area contributed by atoms with E-state index in [-0.39, 0.29) is 41.1 Å². The number of para-hydroxylation sites is 1. The van der Waals surface area contributed by atoms with E-state index in [0.717, 1.165) is 0 Å². The van der Waals surface area contributed by atoms with Crippen molar-refractivity contribution in [3.8, 4) is 0 Å². The van der Waals surface area contributed by atoms with Gasteiger partial charge < -0.3 is 25.4 Å². The zero-order valence-electron chi connectivity index (χ0n) is 20.0. The predicted molar refractivity (Wildman–Crippen MR) is 131 cm³/mol. The molecule has 3 saturated heterocycles. The molecule has 3 fully saturated rings. The van der Waals surface area contributed by atoms with Crippen LogP contribution in [0.2, 0.25) is 0 Å². The van der Waals surface area contributed by atoms with Gasteiger partial charge in [-0.05, 0) is 44.7 Å². The van der Waals surface area contributed by atoms with Gasteiger partial charge in [-0.15, -0.1) is 0 Å². The van der Waals surface area contributed by atoms with Gasteiger partial charge in [-0.2, -0.15) is 0 Å². The number of amides is 3. The number of hydrogen-bond acceptors (Lipinski definition) is 5. The Morgan fingerprint density at radius 3 is 2.47 bits per heavy atom. The lowest BCUT2D eigenvalue weighted by molar-refractivity contribution is -0.145. The van der Waals surface area contributed by atoms with E-state index in [1.54, 1.807) is 12.1 Å². The zero-order chi connectivity index (χ0) is 24.8. The van der Waals surface area contributed by atoms with Gasteiger partial charge in [0.1, 0.15) is 11.6 Å². The van der Waals surface area contributed by atoms with Crippen LogP contribution in [0, 0.1) is 17.8 Å². The molecular formula is C25H34BrN3O5. The third-order valence-electron chi connectivity index (χ3n) is 7.10. The van der Waals surface area contributed by atoms with E-state index >= 15 is 0 Å². The van der Waals surface area contributed by atoms with Gasteiger partial charge in [0.15, 0.2) is 0 Å². The molecule has 1 spiro atoms. The second kappa shape index (κ2) is 9.59. The van der Waals surface area contributed by atoms with Crippen molar-refractivity contribution < 1.29 is 24.2 Å². The molecule has 0 aromatic heterocycles. The molecule has 3 N–H and O–H groups in total. The molecule has 0 saturated carbocycles. The molecule has 4 rings (SSSR count). The highest BCUT2D eigenvalue weighted by molar-refractivity contribution is 9.09. The van der Waals surface area contributed by atoms with Gasteiger partial charge in [-0.1, -0.05) is 48.0 Å². The Labute approximate surface area is 208 Å². The van der Waals surface area contributed by atoms with Crippen LogP contribution in [0.4, 0.5) is 5.69 Å². The molecule has 0 radical (unpaired) electrons. The fourth-order valence-electron chi connectivity index (χ4n) is 5.99. The van der Waals surface area contributed by atoms with Crippen LogP contribution in [-0.2, 0) is 19.1 Å². The summed E-state index contributed by atoms with van der Waals surface area (Å²) in [6, 6.07) is 7.52. The van der Waals surface area contributed by atoms with Crippen molar-refractivity contribution in [2.75, 3.05) is 11.9 Å². The fourth-order valence-corrected chi connectivity index (χ4v) is 6.93. The molecule has 9 heteroatoms. The highest BCUT2D eigenvalue weighted by Crippen LogP contribution is 2.60. The number of aliphatic hydroxyl groups excluding tert-OH is 1. The number of fused-ring (bicyclic) bond motifs is 1. The lowest BCUT2D eigenvalue weighted by atomic mass is 9.70. The minimum atomic E-state index is -1.13. The zero-order valence-corrected chi connectivity index (χ0v) is 21.6. The molecule has 186 valence electrons. The van der Waals surface area contributed by atoms with Gasteiger partial charge in [0.05, 0.1) is 30.6 Å². The van der Waals surface area contributed by atoms with Gasteiger partial charge in [-0.25, -0.2) is 0 Å². The van der Waals surface area contributed by atoms with Crippen molar-refractivity contribution in [3.05, 3.63) is 30.3 Å². The molecule has 3 heterocycles. The summed E-state index contributed by atoms with van der Waals surface area (Å²) in [5.41, 5.74) is -0.488. The molecule has 3 aliphatic rings. The summed E-state index contributed by atoms with van der Waals surface area (Å²) < 4.78 is 6.47. The number of anilines is 1. The topological polar surface area (TPSA) is 108 Å². The van der Waals surface area contributed by atoms with Gasteiger partial charge in [0.2, 0.25) is 17.7 Å². The van der Waals surface area contributed by atoms with Gasteiger partial charge in [-0.3, -0.25) is 14.4 Å². The Bertz CT molecular complexity index is 942. The van der Waals surface area contributed by atoms with Crippen LogP contribution >= 0.6 is 15.9 Å². The van der Waals surface area contributed by atoms with Crippen molar-refractivity contribution >= 4 is 39.3 Å². The number of nitrogens with zero attached hydrogens (tertiary/aromatic N) is 1. The van der Waals surface area contributed by atoms with Crippen LogP contribution in [0.15, 0.2) is 30.3 Å². The summed E-state index contributed by atoms with van der Waals surface area (Å²) in [5, 5.41) is 16.1. The maximum Gasteiger partial charge on any atom is 0.246 e. The molecule has 3 aliphatic heterocycles. The molecule has 34 heavy (non-hydrogen) atoms. The molecule has 3 unspecified atom stereocenters. The quantitative estimate of drug-likeness (QED) is 0.442. The van der Waals surface area contributed by atoms with Crippen LogP contribution in [0.1, 0.15) is 40.5 Å². The number of carbonyl (C=O) groups is 3. The average Bonchev–Trinajstić information content (AvgIpc) is 3.35. The Hall–Kier alpha value is -1.97. The minimum absolute atomic E-state index is 0.131. The Morgan fingerprint density at radius 1 is 1.21 bits per heavy atom. The number of nitrogens with one attached hydrogen (secondary N) is 2. The minimum Gasteiger partial charge on any atom is -0.394 e. The van der Waals surface area contributed by atoms with Crippen LogP contribution < -0.4 is 10.6 Å². The van der Waals surface area contributed by atoms with Crippen molar-refractivity contribution in [1.29, 1.82) is 0 Å². The lowest BCUT2D eigenvalue weighted by Crippen LogP contribution is -2.59. The SMILES string of the molecule is CC(C)C[C@H](CO)N1C(=O)[C@@H]2[C@H](C(=O)Nc3ccccc3)[C@H]3OC2(CC3Br)C1C(=O)NC(C)C. The van der Waals surface area contributed by atoms with E-state index < -0.39 is 35.6 Å². The van der Waals surface area contributed by atoms with Crippen molar-refractivity contribution in [3.63, 3.8) is 0 Å². The smallest absolute Gasteiger partial charge is 0.246 e. The first kappa shape index (κ1) is 25.1. The molecule has 1 aromatic carbocycles. The average molecular weight is 536 g/mol. The molecule has 0 aliphatic carbocycles. The third kappa shape index (κ3) is 4.16. The molecule has 1 aromatic rings. The van der Waals surface area contributed by atoms with E-state index in [4.69, 9.17) is 4.74 Å². The van der Waals surface area contributed by atoms with Crippen molar-refractivity contribution in [1.82, 2.24) is 10.2 Å². The predicted octanol–water partition coefficient (Wildman–Crippen LogP) is 2.30. The van der Waals surface area contributed by atoms with E-state index in [1.807, 2.05) is 45.9 Å². The summed E-state index contributed by atoms with van der Waals surface area (Å²) in [7, 11) is 0. The standard InChI is InChI=1S/C25H34BrN3O5/c1-13(2)10-16(12-30)29-21(23(32)27-14(3)4)25-11-17(26)20(34-25)18(19(25)24(29)33)22(31)28-15-8-6-5-7-9-15/h5-9,13-14,16-21,30H,10-12H2,1-4H3,(H,27,32)(H,28,31)/t16-,17?,18+,19+,20+,21?,25?/m1/s1. The van der Waals surface area contributed by atoms with E-state index in [0.29, 0.717) is 18.5 Å². The number of hydrogen-bond donors (Lipinski definition) is 3. The highest BCUT2D eigenvalue weighted by Gasteiger charge is 2.77. The monoisotopic (exact) mass is 535 g/mol. The Kier molecular flexibility index (Phi) is 7.09. The van der Waals surface area contributed by atoms with Crippen LogP contribution in [0.3, 0.4) is 0 Å². The van der Waals surface area contributed by atoms with Crippen LogP contribution in [0.5, 0.6) is 0 Å². The van der Waals surface area contributed by atoms with Gasteiger partial charge in [0.25, 0.3) is 0 Å². The lowest BCUT2D eigenvalue weighted by Gasteiger charge is -2.37. The summed E-state index contributed by atoms with van der Waals surface area (Å²) in [6.45, 7) is 7.49. The molecule has 7 atom stereocenters. The number of rotatable bonds is 8. The molecular weight excluding hydrogens is 502 g/mol.